The minimum atomic E-state index is -3.48. The number of hydrogen-bond donors (Lipinski definition) is 2. The maximum absolute atomic E-state index is 12.4. The summed E-state index contributed by atoms with van der Waals surface area (Å²) in [5.41, 5.74) is 5.29. The molecule has 1 saturated heterocycles. The number of nitrogens with zero attached hydrogens (tertiary/aromatic N) is 2. The second-order valence-corrected chi connectivity index (χ2v) is 6.38. The van der Waals surface area contributed by atoms with Crippen LogP contribution in [0.2, 0.25) is 0 Å². The molecule has 8 heteroatoms. The Morgan fingerprint density at radius 1 is 1.44 bits per heavy atom. The van der Waals surface area contributed by atoms with E-state index in [-0.39, 0.29) is 24.8 Å². The number of ether oxygens (including phenoxy) is 1. The van der Waals surface area contributed by atoms with Gasteiger partial charge in [-0.3, -0.25) is 5.41 Å². The molecule has 7 nitrogen and oxygen atoms in total. The first kappa shape index (κ1) is 15.4. The summed E-state index contributed by atoms with van der Waals surface area (Å²) in [6.45, 7) is 5.50. The molecule has 0 radical (unpaired) electrons. The Morgan fingerprint density at radius 2 is 2.00 bits per heavy atom. The van der Waals surface area contributed by atoms with Gasteiger partial charge in [-0.1, -0.05) is 0 Å². The van der Waals surface area contributed by atoms with E-state index in [1.54, 1.807) is 0 Å². The van der Waals surface area contributed by atoms with Gasteiger partial charge in [-0.25, -0.2) is 0 Å². The van der Waals surface area contributed by atoms with E-state index in [0.717, 1.165) is 0 Å². The first-order valence-corrected chi connectivity index (χ1v) is 7.43. The summed E-state index contributed by atoms with van der Waals surface area (Å²) in [4.78, 5) is 0. The van der Waals surface area contributed by atoms with Gasteiger partial charge in [0.05, 0.1) is 19.0 Å². The van der Waals surface area contributed by atoms with Gasteiger partial charge in [0.2, 0.25) is 0 Å². The standard InChI is InChI=1S/C10H22N4O3S/c1-9(2)14(4-3-10(11)12)18(15,16)13-5-7-17-8-6-13/h9H,3-8H2,1-2H3,(H3,11,12). The van der Waals surface area contributed by atoms with Crippen LogP contribution >= 0.6 is 0 Å². The van der Waals surface area contributed by atoms with Crippen LogP contribution in [-0.4, -0.2) is 61.8 Å². The predicted octanol–water partition coefficient (Wildman–Crippen LogP) is -0.400. The summed E-state index contributed by atoms with van der Waals surface area (Å²) in [5, 5.41) is 7.20. The van der Waals surface area contributed by atoms with Crippen molar-refractivity contribution in [1.29, 1.82) is 5.41 Å². The van der Waals surface area contributed by atoms with E-state index in [9.17, 15) is 8.42 Å². The molecule has 1 aliphatic rings. The van der Waals surface area contributed by atoms with Crippen LogP contribution in [0.15, 0.2) is 0 Å². The average molecular weight is 278 g/mol. The normalized spacial score (nSPS) is 18.4. The van der Waals surface area contributed by atoms with Crippen LogP contribution in [0.3, 0.4) is 0 Å². The minimum Gasteiger partial charge on any atom is -0.388 e. The molecule has 1 fully saturated rings. The molecule has 0 spiro atoms. The fraction of sp³-hybridized carbons (Fsp3) is 0.900. The van der Waals surface area contributed by atoms with E-state index >= 15 is 0 Å². The number of amidine groups is 1. The highest BCUT2D eigenvalue weighted by atomic mass is 32.2. The minimum absolute atomic E-state index is 0.00201. The monoisotopic (exact) mass is 278 g/mol. The lowest BCUT2D eigenvalue weighted by Gasteiger charge is -2.34. The molecule has 1 heterocycles. The highest BCUT2D eigenvalue weighted by Gasteiger charge is 2.32. The van der Waals surface area contributed by atoms with Gasteiger partial charge >= 0.3 is 0 Å². The molecular formula is C10H22N4O3S. The highest BCUT2D eigenvalue weighted by molar-refractivity contribution is 7.86. The van der Waals surface area contributed by atoms with Crippen molar-refractivity contribution in [3.05, 3.63) is 0 Å². The molecule has 0 bridgehead atoms. The zero-order valence-corrected chi connectivity index (χ0v) is 11.7. The molecule has 0 aliphatic carbocycles. The maximum atomic E-state index is 12.4. The van der Waals surface area contributed by atoms with E-state index in [1.165, 1.54) is 8.61 Å². The lowest BCUT2D eigenvalue weighted by atomic mass is 10.3. The Morgan fingerprint density at radius 3 is 2.44 bits per heavy atom. The van der Waals surface area contributed by atoms with Crippen molar-refractivity contribution in [3.8, 4) is 0 Å². The molecule has 1 rings (SSSR count). The van der Waals surface area contributed by atoms with Crippen molar-refractivity contribution < 1.29 is 13.2 Å². The lowest BCUT2D eigenvalue weighted by molar-refractivity contribution is 0.0695. The number of nitrogens with one attached hydrogen (secondary N) is 1. The molecule has 106 valence electrons. The first-order valence-electron chi connectivity index (χ1n) is 6.03. The molecule has 0 amide bonds. The van der Waals surface area contributed by atoms with Gasteiger partial charge in [0, 0.05) is 32.1 Å². The summed E-state index contributed by atoms with van der Waals surface area (Å²) in [7, 11) is -3.48. The molecule has 0 aromatic heterocycles. The lowest BCUT2D eigenvalue weighted by Crippen LogP contribution is -2.51. The SMILES string of the molecule is CC(C)N(CCC(=N)N)S(=O)(=O)N1CCOCC1. The average Bonchev–Trinajstić information content (AvgIpc) is 2.29. The Bertz CT molecular complexity index is 377. The van der Waals surface area contributed by atoms with E-state index in [4.69, 9.17) is 15.9 Å². The van der Waals surface area contributed by atoms with Gasteiger partial charge in [-0.15, -0.1) is 0 Å². The number of morpholine rings is 1. The summed E-state index contributed by atoms with van der Waals surface area (Å²) in [6, 6.07) is -0.155. The van der Waals surface area contributed by atoms with Gasteiger partial charge < -0.3 is 10.5 Å². The third kappa shape index (κ3) is 3.91. The molecular weight excluding hydrogens is 256 g/mol. The first-order chi connectivity index (χ1) is 8.35. The van der Waals surface area contributed by atoms with Crippen molar-refractivity contribution in [2.75, 3.05) is 32.8 Å². The fourth-order valence-electron chi connectivity index (χ4n) is 1.80. The quantitative estimate of drug-likeness (QED) is 0.510. The van der Waals surface area contributed by atoms with Gasteiger partial charge in [-0.2, -0.15) is 17.0 Å². The number of rotatable bonds is 6. The fourth-order valence-corrected chi connectivity index (χ4v) is 3.56. The van der Waals surface area contributed by atoms with Crippen molar-refractivity contribution in [3.63, 3.8) is 0 Å². The molecule has 18 heavy (non-hydrogen) atoms. The molecule has 0 atom stereocenters. The Balaban J connectivity index is 2.78. The van der Waals surface area contributed by atoms with E-state index in [2.05, 4.69) is 0 Å². The predicted molar refractivity (Wildman–Crippen MR) is 69.7 cm³/mol. The largest absolute Gasteiger partial charge is 0.388 e. The summed E-state index contributed by atoms with van der Waals surface area (Å²) >= 11 is 0. The van der Waals surface area contributed by atoms with Crippen LogP contribution in [0.4, 0.5) is 0 Å². The highest BCUT2D eigenvalue weighted by Crippen LogP contribution is 2.14. The summed E-state index contributed by atoms with van der Waals surface area (Å²) in [5.74, 6) is -0.00201. The molecule has 3 N–H and O–H groups in total. The van der Waals surface area contributed by atoms with E-state index in [0.29, 0.717) is 26.3 Å². The van der Waals surface area contributed by atoms with E-state index in [1.807, 2.05) is 13.8 Å². The third-order valence-electron chi connectivity index (χ3n) is 2.77. The molecule has 0 unspecified atom stereocenters. The number of nitrogens with two attached hydrogens (primary N) is 1. The van der Waals surface area contributed by atoms with E-state index < -0.39 is 10.2 Å². The van der Waals surface area contributed by atoms with Crippen molar-refractivity contribution in [2.24, 2.45) is 5.73 Å². The zero-order valence-electron chi connectivity index (χ0n) is 10.9. The van der Waals surface area contributed by atoms with Crippen LogP contribution < -0.4 is 5.73 Å². The topological polar surface area (TPSA) is 99.7 Å². The van der Waals surface area contributed by atoms with Crippen LogP contribution in [0, 0.1) is 5.41 Å². The van der Waals surface area contributed by atoms with Crippen LogP contribution in [-0.2, 0) is 14.9 Å². The van der Waals surface area contributed by atoms with Gasteiger partial charge in [0.25, 0.3) is 10.2 Å². The van der Waals surface area contributed by atoms with Gasteiger partial charge in [0.15, 0.2) is 0 Å². The maximum Gasteiger partial charge on any atom is 0.282 e. The smallest absolute Gasteiger partial charge is 0.282 e. The van der Waals surface area contributed by atoms with Crippen molar-refractivity contribution >= 4 is 16.0 Å². The third-order valence-corrected chi connectivity index (χ3v) is 4.98. The molecule has 1 aliphatic heterocycles. The zero-order chi connectivity index (χ0) is 13.8. The van der Waals surface area contributed by atoms with Gasteiger partial charge in [0.1, 0.15) is 0 Å². The van der Waals surface area contributed by atoms with Crippen LogP contribution in [0.25, 0.3) is 0 Å². The Kier molecular flexibility index (Phi) is 5.51. The van der Waals surface area contributed by atoms with Crippen LogP contribution in [0.1, 0.15) is 20.3 Å². The molecule has 0 saturated carbocycles. The van der Waals surface area contributed by atoms with Crippen LogP contribution in [0.5, 0.6) is 0 Å². The molecule has 0 aromatic carbocycles. The Labute approximate surface area is 109 Å². The molecule has 0 aromatic rings. The number of hydrogen-bond acceptors (Lipinski definition) is 4. The van der Waals surface area contributed by atoms with Crippen molar-refractivity contribution in [1.82, 2.24) is 8.61 Å². The summed E-state index contributed by atoms with van der Waals surface area (Å²) < 4.78 is 32.8. The van der Waals surface area contributed by atoms with Crippen molar-refractivity contribution in [2.45, 2.75) is 26.3 Å². The second-order valence-electron chi connectivity index (χ2n) is 4.50. The Hall–Kier alpha value is -0.700. The second kappa shape index (κ2) is 6.46. The summed E-state index contributed by atoms with van der Waals surface area (Å²) in [6.07, 6.45) is 0.252. The van der Waals surface area contributed by atoms with Gasteiger partial charge in [-0.05, 0) is 13.8 Å².